The molecule has 0 N–H and O–H groups in total. The van der Waals surface area contributed by atoms with E-state index in [-0.39, 0.29) is 29.3 Å². The molecule has 0 aliphatic heterocycles. The Morgan fingerprint density at radius 1 is 0.969 bits per heavy atom. The molecule has 0 aliphatic rings. The molecule has 0 fully saturated rings. The number of ketones is 1. The van der Waals surface area contributed by atoms with E-state index >= 15 is 0 Å². The monoisotopic (exact) mass is 517 g/mol. The first kappa shape index (κ1) is 23.8. The summed E-state index contributed by atoms with van der Waals surface area (Å²) in [5.74, 6) is 0.496. The average molecular weight is 518 g/mol. The number of nitrogens with zero attached hydrogens (tertiary/aromatic N) is 1. The van der Waals surface area contributed by atoms with E-state index in [9.17, 15) is 13.2 Å². The van der Waals surface area contributed by atoms with E-state index in [4.69, 9.17) is 9.47 Å². The first-order valence-electron chi connectivity index (χ1n) is 9.83. The Morgan fingerprint density at radius 2 is 1.66 bits per heavy atom. The van der Waals surface area contributed by atoms with Gasteiger partial charge in [-0.25, -0.2) is 8.42 Å². The van der Waals surface area contributed by atoms with Crippen LogP contribution in [0.4, 0.5) is 5.69 Å². The number of methoxy groups -OCH3 is 2. The largest absolute Gasteiger partial charge is 0.497 e. The van der Waals surface area contributed by atoms with E-state index in [0.29, 0.717) is 11.5 Å². The quantitative estimate of drug-likeness (QED) is 0.408. The molecule has 6 nitrogen and oxygen atoms in total. The summed E-state index contributed by atoms with van der Waals surface area (Å²) in [6.45, 7) is 1.52. The Kier molecular flexibility index (Phi) is 7.58. The fraction of sp³-hybridized carbons (Fsp3) is 0.208. The predicted octanol–water partition coefficient (Wildman–Crippen LogP) is 4.78. The zero-order chi connectivity index (χ0) is 23.3. The molecule has 0 saturated carbocycles. The fourth-order valence-corrected chi connectivity index (χ4v) is 5.07. The number of anilines is 1. The summed E-state index contributed by atoms with van der Waals surface area (Å²) in [4.78, 5) is 13.1. The minimum absolute atomic E-state index is 0.0770. The van der Waals surface area contributed by atoms with Crippen LogP contribution < -0.4 is 13.8 Å². The first-order chi connectivity index (χ1) is 15.3. The number of Topliss-reactive ketones (excluding diaryl/α,β-unsaturated/α-hetero) is 1. The molecular formula is C24H24BrNO5S. The highest BCUT2D eigenvalue weighted by atomic mass is 79.9. The highest BCUT2D eigenvalue weighted by Gasteiger charge is 2.30. The standard InChI is InChI=1S/C24H24BrNO5S/c1-17-8-11-21(12-9-17)32(28,29)26(23-15-20(30-2)10-13-24(23)31-3)16-19(27)14-18-6-4-5-7-22(18)25/h4-13,15H,14,16H2,1-3H3. The topological polar surface area (TPSA) is 72.9 Å². The van der Waals surface area contributed by atoms with Crippen molar-refractivity contribution in [2.45, 2.75) is 18.2 Å². The summed E-state index contributed by atoms with van der Waals surface area (Å²) in [5.41, 5.74) is 1.94. The lowest BCUT2D eigenvalue weighted by atomic mass is 10.1. The van der Waals surface area contributed by atoms with Crippen LogP contribution in [-0.2, 0) is 21.2 Å². The van der Waals surface area contributed by atoms with Crippen LogP contribution in [0, 0.1) is 6.92 Å². The molecule has 0 unspecified atom stereocenters. The van der Waals surface area contributed by atoms with Gasteiger partial charge in [-0.15, -0.1) is 0 Å². The lowest BCUT2D eigenvalue weighted by molar-refractivity contribution is -0.117. The number of benzene rings is 3. The Hall–Kier alpha value is -2.84. The molecule has 0 aromatic heterocycles. The van der Waals surface area contributed by atoms with Crippen molar-refractivity contribution in [2.75, 3.05) is 25.1 Å². The number of carbonyl (C=O) groups is 1. The second-order valence-corrected chi connectivity index (χ2v) is 9.89. The number of hydrogen-bond donors (Lipinski definition) is 0. The number of rotatable bonds is 9. The Balaban J connectivity index is 2.06. The fourth-order valence-electron chi connectivity index (χ4n) is 3.20. The average Bonchev–Trinajstić information content (AvgIpc) is 2.78. The maximum absolute atomic E-state index is 13.6. The van der Waals surface area contributed by atoms with Crippen molar-refractivity contribution in [3.05, 3.63) is 82.3 Å². The van der Waals surface area contributed by atoms with Gasteiger partial charge in [0.1, 0.15) is 11.5 Å². The van der Waals surface area contributed by atoms with Crippen LogP contribution >= 0.6 is 15.9 Å². The second kappa shape index (κ2) is 10.2. The van der Waals surface area contributed by atoms with E-state index in [1.165, 1.54) is 26.4 Å². The third kappa shape index (κ3) is 5.31. The summed E-state index contributed by atoms with van der Waals surface area (Å²) >= 11 is 3.44. The van der Waals surface area contributed by atoms with Gasteiger partial charge in [0.2, 0.25) is 0 Å². The van der Waals surface area contributed by atoms with Gasteiger partial charge in [-0.05, 0) is 42.8 Å². The van der Waals surface area contributed by atoms with Crippen LogP contribution in [0.3, 0.4) is 0 Å². The summed E-state index contributed by atoms with van der Waals surface area (Å²) in [5, 5.41) is 0. The summed E-state index contributed by atoms with van der Waals surface area (Å²) in [7, 11) is -1.12. The molecule has 0 radical (unpaired) electrons. The van der Waals surface area contributed by atoms with E-state index in [0.717, 1.165) is 19.9 Å². The van der Waals surface area contributed by atoms with Crippen molar-refractivity contribution in [2.24, 2.45) is 0 Å². The van der Waals surface area contributed by atoms with E-state index in [1.807, 2.05) is 31.2 Å². The molecule has 3 aromatic rings. The number of hydrogen-bond acceptors (Lipinski definition) is 5. The second-order valence-electron chi connectivity index (χ2n) is 7.17. The van der Waals surface area contributed by atoms with Crippen LogP contribution in [-0.4, -0.2) is 35.0 Å². The molecule has 168 valence electrons. The van der Waals surface area contributed by atoms with Gasteiger partial charge < -0.3 is 9.47 Å². The number of carbonyl (C=O) groups excluding carboxylic acids is 1. The summed E-state index contributed by atoms with van der Waals surface area (Å²) in [6.07, 6.45) is 0.0770. The van der Waals surface area contributed by atoms with Gasteiger partial charge in [0.05, 0.1) is 31.3 Å². The molecule has 3 rings (SSSR count). The smallest absolute Gasteiger partial charge is 0.264 e. The number of halogens is 1. The molecule has 32 heavy (non-hydrogen) atoms. The third-order valence-electron chi connectivity index (χ3n) is 4.93. The van der Waals surface area contributed by atoms with Crippen molar-refractivity contribution >= 4 is 37.4 Å². The number of ether oxygens (including phenoxy) is 2. The SMILES string of the molecule is COc1ccc(OC)c(N(CC(=O)Cc2ccccc2Br)S(=O)(=O)c2ccc(C)cc2)c1. The summed E-state index contributed by atoms with van der Waals surface area (Å²) in [6, 6.07) is 18.7. The Morgan fingerprint density at radius 3 is 2.28 bits per heavy atom. The molecule has 0 amide bonds. The normalized spacial score (nSPS) is 11.1. The first-order valence-corrected chi connectivity index (χ1v) is 12.1. The maximum Gasteiger partial charge on any atom is 0.264 e. The molecule has 3 aromatic carbocycles. The molecule has 0 aliphatic carbocycles. The third-order valence-corrected chi connectivity index (χ3v) is 7.48. The van der Waals surface area contributed by atoms with Gasteiger partial charge in [-0.3, -0.25) is 9.10 Å². The van der Waals surface area contributed by atoms with Gasteiger partial charge in [-0.1, -0.05) is 51.8 Å². The Bertz CT molecular complexity index is 1210. The van der Waals surface area contributed by atoms with Crippen LogP contribution in [0.5, 0.6) is 11.5 Å². The number of aryl methyl sites for hydroxylation is 1. The van der Waals surface area contributed by atoms with E-state index < -0.39 is 10.0 Å². The van der Waals surface area contributed by atoms with Gasteiger partial charge in [0.15, 0.2) is 5.78 Å². The van der Waals surface area contributed by atoms with Crippen LogP contribution in [0.2, 0.25) is 0 Å². The molecule has 0 spiro atoms. The van der Waals surface area contributed by atoms with Crippen molar-refractivity contribution < 1.29 is 22.7 Å². The van der Waals surface area contributed by atoms with E-state index in [1.54, 1.807) is 30.3 Å². The van der Waals surface area contributed by atoms with Gasteiger partial charge in [0.25, 0.3) is 10.0 Å². The summed E-state index contributed by atoms with van der Waals surface area (Å²) < 4.78 is 39.8. The van der Waals surface area contributed by atoms with Crippen molar-refractivity contribution in [3.8, 4) is 11.5 Å². The highest BCUT2D eigenvalue weighted by Crippen LogP contribution is 2.36. The van der Waals surface area contributed by atoms with Gasteiger partial charge in [0, 0.05) is 17.0 Å². The lowest BCUT2D eigenvalue weighted by Crippen LogP contribution is -2.36. The maximum atomic E-state index is 13.6. The van der Waals surface area contributed by atoms with Crippen molar-refractivity contribution in [1.82, 2.24) is 0 Å². The number of sulfonamides is 1. The van der Waals surface area contributed by atoms with Crippen LogP contribution in [0.15, 0.2) is 76.1 Å². The van der Waals surface area contributed by atoms with Crippen LogP contribution in [0.1, 0.15) is 11.1 Å². The van der Waals surface area contributed by atoms with Gasteiger partial charge in [-0.2, -0.15) is 0 Å². The van der Waals surface area contributed by atoms with Gasteiger partial charge >= 0.3 is 0 Å². The molecular weight excluding hydrogens is 494 g/mol. The molecule has 0 saturated heterocycles. The zero-order valence-corrected chi connectivity index (χ0v) is 20.4. The van der Waals surface area contributed by atoms with Crippen molar-refractivity contribution in [3.63, 3.8) is 0 Å². The molecule has 0 bridgehead atoms. The predicted molar refractivity (Wildman–Crippen MR) is 128 cm³/mol. The molecule has 0 heterocycles. The zero-order valence-electron chi connectivity index (χ0n) is 18.0. The van der Waals surface area contributed by atoms with Crippen molar-refractivity contribution in [1.29, 1.82) is 0 Å². The van der Waals surface area contributed by atoms with E-state index in [2.05, 4.69) is 15.9 Å². The molecule has 8 heteroatoms. The minimum Gasteiger partial charge on any atom is -0.497 e. The van der Waals surface area contributed by atoms with Crippen LogP contribution in [0.25, 0.3) is 0 Å². The Labute approximate surface area is 197 Å². The minimum atomic E-state index is -4.06. The highest BCUT2D eigenvalue weighted by molar-refractivity contribution is 9.10. The molecule has 0 atom stereocenters. The lowest BCUT2D eigenvalue weighted by Gasteiger charge is -2.26.